The van der Waals surface area contributed by atoms with Crippen LogP contribution in [0.2, 0.25) is 0 Å². The van der Waals surface area contributed by atoms with E-state index in [1.807, 2.05) is 11.8 Å². The van der Waals surface area contributed by atoms with Gasteiger partial charge in [-0.05, 0) is 17.9 Å². The molecule has 1 unspecified atom stereocenters. The predicted molar refractivity (Wildman–Crippen MR) is 74.3 cm³/mol. The van der Waals surface area contributed by atoms with E-state index >= 15 is 0 Å². The first kappa shape index (κ1) is 14.6. The lowest BCUT2D eigenvalue weighted by Gasteiger charge is -2.09. The molecule has 1 aromatic heterocycles. The maximum atomic E-state index is 10.4. The normalized spacial score (nSPS) is 12.4. The van der Waals surface area contributed by atoms with Crippen LogP contribution in [0.15, 0.2) is 4.34 Å². The molecule has 0 bridgehead atoms. The highest BCUT2D eigenvalue weighted by molar-refractivity contribution is 8.01. The Hall–Kier alpha value is -0.470. The number of hydrogen-bond donors (Lipinski definition) is 2. The summed E-state index contributed by atoms with van der Waals surface area (Å²) in [6.45, 7) is 3.03. The summed E-state index contributed by atoms with van der Waals surface area (Å²) in [6.07, 6.45) is 2.09. The van der Waals surface area contributed by atoms with Crippen molar-refractivity contribution in [1.29, 1.82) is 0 Å². The zero-order valence-electron chi connectivity index (χ0n) is 9.67. The molecule has 0 aliphatic heterocycles. The number of carbonyl (C=O) groups is 1. The minimum absolute atomic E-state index is 0.0253. The molecule has 1 heterocycles. The molecule has 17 heavy (non-hydrogen) atoms. The van der Waals surface area contributed by atoms with Crippen LogP contribution < -0.4 is 5.32 Å². The molecule has 96 valence electrons. The molecular formula is C9H15N3O2S3. The minimum atomic E-state index is -0.840. The molecule has 0 aromatic carbocycles. The Bertz CT molecular complexity index is 359. The number of nitrogens with zero attached hydrogens (tertiary/aromatic N) is 2. The van der Waals surface area contributed by atoms with Crippen LogP contribution in [0.3, 0.4) is 0 Å². The summed E-state index contributed by atoms with van der Waals surface area (Å²) >= 11 is 4.41. The molecule has 2 N–H and O–H groups in total. The van der Waals surface area contributed by atoms with Crippen molar-refractivity contribution in [3.63, 3.8) is 0 Å². The van der Waals surface area contributed by atoms with Crippen LogP contribution in [0, 0.1) is 5.92 Å². The third kappa shape index (κ3) is 6.13. The molecule has 8 heteroatoms. The zero-order chi connectivity index (χ0) is 12.7. The van der Waals surface area contributed by atoms with Crippen LogP contribution in [-0.4, -0.2) is 45.6 Å². The van der Waals surface area contributed by atoms with Gasteiger partial charge in [0.05, 0.1) is 5.75 Å². The molecule has 0 spiro atoms. The second-order valence-corrected chi connectivity index (χ2v) is 6.61. The molecule has 0 saturated carbocycles. The summed E-state index contributed by atoms with van der Waals surface area (Å²) < 4.78 is 0.687. The largest absolute Gasteiger partial charge is 0.481 e. The summed E-state index contributed by atoms with van der Waals surface area (Å²) in [6, 6.07) is 0. The fourth-order valence-electron chi connectivity index (χ4n) is 1.07. The maximum absolute atomic E-state index is 10.4. The van der Waals surface area contributed by atoms with Gasteiger partial charge in [0, 0.05) is 6.54 Å². The van der Waals surface area contributed by atoms with Crippen molar-refractivity contribution < 1.29 is 9.90 Å². The number of nitrogens with one attached hydrogen (secondary N) is 1. The molecule has 1 rings (SSSR count). The van der Waals surface area contributed by atoms with Gasteiger partial charge in [0.1, 0.15) is 0 Å². The molecule has 1 aromatic rings. The topological polar surface area (TPSA) is 75.1 Å². The van der Waals surface area contributed by atoms with E-state index in [0.717, 1.165) is 17.4 Å². The monoisotopic (exact) mass is 293 g/mol. The summed E-state index contributed by atoms with van der Waals surface area (Å²) in [5.74, 6) is 0.863. The van der Waals surface area contributed by atoms with Crippen molar-refractivity contribution >= 4 is 46.0 Å². The molecule has 1 atom stereocenters. The number of rotatable bonds is 8. The number of aliphatic carboxylic acids is 1. The number of aromatic nitrogens is 2. The number of carboxylic acids is 1. The van der Waals surface area contributed by atoms with E-state index in [4.69, 9.17) is 5.11 Å². The average molecular weight is 293 g/mol. The van der Waals surface area contributed by atoms with Crippen molar-refractivity contribution in [3.05, 3.63) is 0 Å². The third-order valence-corrected chi connectivity index (χ3v) is 4.68. The summed E-state index contributed by atoms with van der Waals surface area (Å²) in [5.41, 5.74) is 0. The van der Waals surface area contributed by atoms with Gasteiger partial charge in [-0.25, -0.2) is 0 Å². The van der Waals surface area contributed by atoms with Gasteiger partial charge >= 0.3 is 5.97 Å². The van der Waals surface area contributed by atoms with E-state index in [1.165, 1.54) is 23.1 Å². The van der Waals surface area contributed by atoms with Gasteiger partial charge in [0.15, 0.2) is 4.34 Å². The van der Waals surface area contributed by atoms with Gasteiger partial charge in [-0.1, -0.05) is 30.0 Å². The van der Waals surface area contributed by atoms with Crippen molar-refractivity contribution in [2.75, 3.05) is 29.6 Å². The lowest BCUT2D eigenvalue weighted by atomic mass is 10.2. The van der Waals surface area contributed by atoms with Crippen LogP contribution in [0.4, 0.5) is 5.13 Å². The van der Waals surface area contributed by atoms with Gasteiger partial charge < -0.3 is 10.4 Å². The second-order valence-electron chi connectivity index (χ2n) is 3.50. The van der Waals surface area contributed by atoms with Crippen LogP contribution >= 0.6 is 34.9 Å². The van der Waals surface area contributed by atoms with Crippen molar-refractivity contribution in [1.82, 2.24) is 10.2 Å². The fourth-order valence-corrected chi connectivity index (χ4v) is 3.23. The lowest BCUT2D eigenvalue weighted by molar-refractivity contribution is -0.133. The number of carboxylic acid groups (broad SMARTS) is 1. The van der Waals surface area contributed by atoms with E-state index < -0.39 is 5.97 Å². The summed E-state index contributed by atoms with van der Waals surface area (Å²) in [7, 11) is 0. The molecule has 0 amide bonds. The highest BCUT2D eigenvalue weighted by Crippen LogP contribution is 2.25. The Balaban J connectivity index is 2.32. The summed E-state index contributed by atoms with van der Waals surface area (Å²) in [4.78, 5) is 10.4. The first-order chi connectivity index (χ1) is 8.11. The fraction of sp³-hybridized carbons (Fsp3) is 0.667. The van der Waals surface area contributed by atoms with E-state index in [9.17, 15) is 4.79 Å². The number of thioether (sulfide) groups is 2. The SMILES string of the molecule is CSCC(C)CNc1nnc(SCC(=O)O)s1. The quantitative estimate of drug-likeness (QED) is 0.711. The highest BCUT2D eigenvalue weighted by Gasteiger charge is 2.08. The molecule has 0 fully saturated rings. The molecule has 0 saturated heterocycles. The van der Waals surface area contributed by atoms with Crippen molar-refractivity contribution in [3.8, 4) is 0 Å². The van der Waals surface area contributed by atoms with Crippen LogP contribution in [0.5, 0.6) is 0 Å². The first-order valence-corrected chi connectivity index (χ1v) is 8.22. The van der Waals surface area contributed by atoms with Gasteiger partial charge in [0.25, 0.3) is 0 Å². The Morgan fingerprint density at radius 2 is 2.35 bits per heavy atom. The molecular weight excluding hydrogens is 278 g/mol. The van der Waals surface area contributed by atoms with E-state index in [2.05, 4.69) is 28.7 Å². The highest BCUT2D eigenvalue weighted by atomic mass is 32.2. The first-order valence-electron chi connectivity index (χ1n) is 5.02. The Kier molecular flexibility index (Phi) is 6.68. The third-order valence-electron chi connectivity index (χ3n) is 1.78. The number of hydrogen-bond acceptors (Lipinski definition) is 7. The van der Waals surface area contributed by atoms with E-state index in [0.29, 0.717) is 10.3 Å². The van der Waals surface area contributed by atoms with Gasteiger partial charge in [-0.15, -0.1) is 10.2 Å². The van der Waals surface area contributed by atoms with Gasteiger partial charge in [-0.2, -0.15) is 11.8 Å². The van der Waals surface area contributed by atoms with E-state index in [1.54, 1.807) is 0 Å². The maximum Gasteiger partial charge on any atom is 0.313 e. The lowest BCUT2D eigenvalue weighted by Crippen LogP contribution is -2.12. The Labute approximate surface area is 113 Å². The van der Waals surface area contributed by atoms with Gasteiger partial charge in [0.2, 0.25) is 5.13 Å². The molecule has 5 nitrogen and oxygen atoms in total. The Morgan fingerprint density at radius 3 is 3.00 bits per heavy atom. The summed E-state index contributed by atoms with van der Waals surface area (Å²) in [5, 5.41) is 20.4. The minimum Gasteiger partial charge on any atom is -0.481 e. The van der Waals surface area contributed by atoms with E-state index in [-0.39, 0.29) is 5.75 Å². The van der Waals surface area contributed by atoms with Crippen molar-refractivity contribution in [2.45, 2.75) is 11.3 Å². The second kappa shape index (κ2) is 7.78. The van der Waals surface area contributed by atoms with Crippen LogP contribution in [0.1, 0.15) is 6.92 Å². The standard InChI is InChI=1S/C9H15N3O2S3/c1-6(4-15-2)3-10-8-11-12-9(17-8)16-5-7(13)14/h6H,3-5H2,1-2H3,(H,10,11)(H,13,14). The number of anilines is 1. The molecule has 0 aliphatic carbocycles. The van der Waals surface area contributed by atoms with Gasteiger partial charge in [-0.3, -0.25) is 4.79 Å². The zero-order valence-corrected chi connectivity index (χ0v) is 12.1. The Morgan fingerprint density at radius 1 is 1.59 bits per heavy atom. The smallest absolute Gasteiger partial charge is 0.313 e. The van der Waals surface area contributed by atoms with Crippen molar-refractivity contribution in [2.24, 2.45) is 5.92 Å². The van der Waals surface area contributed by atoms with Crippen LogP contribution in [0.25, 0.3) is 0 Å². The molecule has 0 aliphatic rings. The average Bonchev–Trinajstić information content (AvgIpc) is 2.72. The van der Waals surface area contributed by atoms with Crippen LogP contribution in [-0.2, 0) is 4.79 Å². The predicted octanol–water partition coefficient (Wildman–Crippen LogP) is 2.13. The molecule has 0 radical (unpaired) electrons.